The molecule has 1 atom stereocenters. The summed E-state index contributed by atoms with van der Waals surface area (Å²) in [5.41, 5.74) is 1.26. The summed E-state index contributed by atoms with van der Waals surface area (Å²) in [5.74, 6) is 0.934. The Hall–Kier alpha value is -1.87. The van der Waals surface area contributed by atoms with Crippen LogP contribution in [0.4, 0.5) is 0 Å². The normalized spacial score (nSPS) is 12.1. The number of hydrogen-bond acceptors (Lipinski definition) is 3. The lowest BCUT2D eigenvalue weighted by molar-refractivity contribution is 0.285. The molecule has 1 aromatic carbocycles. The fourth-order valence-corrected chi connectivity index (χ4v) is 2.20. The molecule has 1 heterocycles. The van der Waals surface area contributed by atoms with Crippen LogP contribution in [0.15, 0.2) is 54.9 Å². The Kier molecular flexibility index (Phi) is 6.06. The van der Waals surface area contributed by atoms with Crippen LogP contribution in [0, 0.1) is 0 Å². The van der Waals surface area contributed by atoms with Crippen molar-refractivity contribution in [1.82, 2.24) is 10.3 Å². The first-order chi connectivity index (χ1) is 9.88. The zero-order valence-corrected chi connectivity index (χ0v) is 12.0. The van der Waals surface area contributed by atoms with Crippen LogP contribution in [-0.4, -0.2) is 24.2 Å². The first-order valence-corrected chi connectivity index (χ1v) is 7.18. The summed E-state index contributed by atoms with van der Waals surface area (Å²) < 4.78 is 5.76. The van der Waals surface area contributed by atoms with E-state index in [1.165, 1.54) is 5.56 Å². The Labute approximate surface area is 121 Å². The summed E-state index contributed by atoms with van der Waals surface area (Å²) in [6.07, 6.45) is 5.71. The highest BCUT2D eigenvalue weighted by Crippen LogP contribution is 2.10. The summed E-state index contributed by atoms with van der Waals surface area (Å²) in [5, 5.41) is 3.51. The van der Waals surface area contributed by atoms with Gasteiger partial charge in [-0.05, 0) is 43.1 Å². The van der Waals surface area contributed by atoms with Crippen molar-refractivity contribution in [2.75, 3.05) is 13.2 Å². The first kappa shape index (κ1) is 14.5. The molecule has 0 aliphatic carbocycles. The first-order valence-electron chi connectivity index (χ1n) is 7.18. The van der Waals surface area contributed by atoms with Crippen molar-refractivity contribution in [3.8, 4) is 5.75 Å². The van der Waals surface area contributed by atoms with Crippen LogP contribution >= 0.6 is 0 Å². The molecule has 0 saturated carbocycles. The quantitative estimate of drug-likeness (QED) is 0.800. The standard InChI is InChI=1S/C17H22N2O/c1-2-19-16(13-15-7-6-11-18-14-15)10-12-20-17-8-4-3-5-9-17/h3-9,11,14,16,19H,2,10,12-13H2,1H3. The molecule has 0 radical (unpaired) electrons. The molecule has 0 aliphatic heterocycles. The minimum Gasteiger partial charge on any atom is -0.494 e. The number of para-hydroxylation sites is 1. The molecule has 1 aromatic heterocycles. The minimum atomic E-state index is 0.424. The van der Waals surface area contributed by atoms with E-state index in [0.717, 1.165) is 31.7 Å². The van der Waals surface area contributed by atoms with Crippen molar-refractivity contribution in [1.29, 1.82) is 0 Å². The van der Waals surface area contributed by atoms with Gasteiger partial charge in [0.1, 0.15) is 5.75 Å². The number of likely N-dealkylation sites (N-methyl/N-ethyl adjacent to an activating group) is 1. The van der Waals surface area contributed by atoms with Crippen molar-refractivity contribution in [3.05, 3.63) is 60.4 Å². The van der Waals surface area contributed by atoms with Crippen LogP contribution in [0.3, 0.4) is 0 Å². The van der Waals surface area contributed by atoms with Gasteiger partial charge in [-0.2, -0.15) is 0 Å². The van der Waals surface area contributed by atoms with Crippen molar-refractivity contribution in [2.45, 2.75) is 25.8 Å². The van der Waals surface area contributed by atoms with Gasteiger partial charge in [-0.3, -0.25) is 4.98 Å². The van der Waals surface area contributed by atoms with Crippen molar-refractivity contribution < 1.29 is 4.74 Å². The molecule has 2 rings (SSSR count). The molecule has 2 aromatic rings. The van der Waals surface area contributed by atoms with E-state index in [1.54, 1.807) is 0 Å². The zero-order valence-electron chi connectivity index (χ0n) is 12.0. The maximum absolute atomic E-state index is 5.76. The van der Waals surface area contributed by atoms with Crippen molar-refractivity contribution >= 4 is 0 Å². The minimum absolute atomic E-state index is 0.424. The van der Waals surface area contributed by atoms with Crippen LogP contribution in [0.1, 0.15) is 18.9 Å². The molecule has 3 heteroatoms. The summed E-state index contributed by atoms with van der Waals surface area (Å²) in [6, 6.07) is 14.5. The fraction of sp³-hybridized carbons (Fsp3) is 0.353. The molecular formula is C17H22N2O. The van der Waals surface area contributed by atoms with E-state index < -0.39 is 0 Å². The Morgan fingerprint density at radius 1 is 1.15 bits per heavy atom. The van der Waals surface area contributed by atoms with E-state index in [2.05, 4.69) is 23.3 Å². The summed E-state index contributed by atoms with van der Waals surface area (Å²) >= 11 is 0. The van der Waals surface area contributed by atoms with Crippen LogP contribution in [0.2, 0.25) is 0 Å². The monoisotopic (exact) mass is 270 g/mol. The second-order valence-electron chi connectivity index (χ2n) is 4.77. The largest absolute Gasteiger partial charge is 0.494 e. The number of benzene rings is 1. The van der Waals surface area contributed by atoms with Gasteiger partial charge in [0.25, 0.3) is 0 Å². The summed E-state index contributed by atoms with van der Waals surface area (Å²) in [6.45, 7) is 3.83. The fourth-order valence-electron chi connectivity index (χ4n) is 2.20. The number of aromatic nitrogens is 1. The third kappa shape index (κ3) is 5.02. The van der Waals surface area contributed by atoms with Crippen LogP contribution in [-0.2, 0) is 6.42 Å². The highest BCUT2D eigenvalue weighted by Gasteiger charge is 2.08. The Bertz CT molecular complexity index is 473. The molecule has 1 N–H and O–H groups in total. The molecule has 106 valence electrons. The van der Waals surface area contributed by atoms with E-state index in [4.69, 9.17) is 4.74 Å². The predicted molar refractivity (Wildman–Crippen MR) is 82.0 cm³/mol. The van der Waals surface area contributed by atoms with Crippen molar-refractivity contribution in [3.63, 3.8) is 0 Å². The van der Waals surface area contributed by atoms with E-state index in [1.807, 2.05) is 48.8 Å². The number of rotatable bonds is 8. The third-order valence-electron chi connectivity index (χ3n) is 3.18. The van der Waals surface area contributed by atoms with E-state index in [9.17, 15) is 0 Å². The van der Waals surface area contributed by atoms with Gasteiger partial charge >= 0.3 is 0 Å². The molecule has 0 fully saturated rings. The Morgan fingerprint density at radius 3 is 2.70 bits per heavy atom. The van der Waals surface area contributed by atoms with E-state index in [0.29, 0.717) is 6.04 Å². The van der Waals surface area contributed by atoms with Gasteiger partial charge in [-0.15, -0.1) is 0 Å². The number of pyridine rings is 1. The van der Waals surface area contributed by atoms with E-state index in [-0.39, 0.29) is 0 Å². The molecule has 0 saturated heterocycles. The molecule has 20 heavy (non-hydrogen) atoms. The van der Waals surface area contributed by atoms with Gasteiger partial charge in [0.05, 0.1) is 6.61 Å². The molecule has 3 nitrogen and oxygen atoms in total. The number of nitrogens with one attached hydrogen (secondary N) is 1. The average molecular weight is 270 g/mol. The lowest BCUT2D eigenvalue weighted by Crippen LogP contribution is -2.32. The Morgan fingerprint density at radius 2 is 2.00 bits per heavy atom. The number of hydrogen-bond donors (Lipinski definition) is 1. The van der Waals surface area contributed by atoms with Gasteiger partial charge in [-0.1, -0.05) is 31.2 Å². The van der Waals surface area contributed by atoms with Gasteiger partial charge in [0.15, 0.2) is 0 Å². The molecule has 0 aliphatic rings. The molecule has 0 amide bonds. The van der Waals surface area contributed by atoms with Crippen LogP contribution < -0.4 is 10.1 Å². The zero-order chi connectivity index (χ0) is 14.0. The summed E-state index contributed by atoms with van der Waals surface area (Å²) in [4.78, 5) is 4.17. The molecule has 0 bridgehead atoms. The highest BCUT2D eigenvalue weighted by atomic mass is 16.5. The number of nitrogens with zero attached hydrogens (tertiary/aromatic N) is 1. The SMILES string of the molecule is CCNC(CCOc1ccccc1)Cc1cccnc1. The second-order valence-corrected chi connectivity index (χ2v) is 4.77. The maximum atomic E-state index is 5.76. The van der Waals surface area contributed by atoms with Gasteiger partial charge < -0.3 is 10.1 Å². The van der Waals surface area contributed by atoms with Crippen LogP contribution in [0.5, 0.6) is 5.75 Å². The lowest BCUT2D eigenvalue weighted by atomic mass is 10.1. The predicted octanol–water partition coefficient (Wildman–Crippen LogP) is 3.07. The number of ether oxygens (including phenoxy) is 1. The van der Waals surface area contributed by atoms with Gasteiger partial charge in [0.2, 0.25) is 0 Å². The molecule has 1 unspecified atom stereocenters. The average Bonchev–Trinajstić information content (AvgIpc) is 2.49. The highest BCUT2D eigenvalue weighted by molar-refractivity contribution is 5.20. The third-order valence-corrected chi connectivity index (χ3v) is 3.18. The molecule has 0 spiro atoms. The molecular weight excluding hydrogens is 248 g/mol. The Balaban J connectivity index is 1.80. The van der Waals surface area contributed by atoms with Gasteiger partial charge in [-0.25, -0.2) is 0 Å². The maximum Gasteiger partial charge on any atom is 0.119 e. The summed E-state index contributed by atoms with van der Waals surface area (Å²) in [7, 11) is 0. The van der Waals surface area contributed by atoms with Crippen molar-refractivity contribution in [2.24, 2.45) is 0 Å². The lowest BCUT2D eigenvalue weighted by Gasteiger charge is -2.18. The second kappa shape index (κ2) is 8.33. The van der Waals surface area contributed by atoms with Gasteiger partial charge in [0, 0.05) is 18.4 Å². The smallest absolute Gasteiger partial charge is 0.119 e. The topological polar surface area (TPSA) is 34.1 Å². The van der Waals surface area contributed by atoms with E-state index >= 15 is 0 Å². The van der Waals surface area contributed by atoms with Crippen LogP contribution in [0.25, 0.3) is 0 Å².